The van der Waals surface area contributed by atoms with Crippen molar-refractivity contribution in [1.29, 1.82) is 0 Å². The molecule has 0 unspecified atom stereocenters. The summed E-state index contributed by atoms with van der Waals surface area (Å²) in [6.07, 6.45) is 2.88. The largest absolute Gasteiger partial charge is 0.477 e. The molecule has 0 bridgehead atoms. The second-order valence-electron chi connectivity index (χ2n) is 9.21. The summed E-state index contributed by atoms with van der Waals surface area (Å²) in [6.45, 7) is 7.39. The number of nitrogens with zero attached hydrogens (tertiary/aromatic N) is 4. The normalized spacial score (nSPS) is 15.4. The molecule has 9 nitrogen and oxygen atoms in total. The fraction of sp³-hybridized carbons (Fsp3) is 0.375. The van der Waals surface area contributed by atoms with Gasteiger partial charge in [-0.3, -0.25) is 4.79 Å². The van der Waals surface area contributed by atoms with Crippen molar-refractivity contribution in [1.82, 2.24) is 19.5 Å². The second kappa shape index (κ2) is 7.99. The van der Waals surface area contributed by atoms with Gasteiger partial charge in [-0.05, 0) is 63.3 Å². The van der Waals surface area contributed by atoms with Crippen molar-refractivity contribution in [3.05, 3.63) is 64.1 Å². The van der Waals surface area contributed by atoms with E-state index in [1.807, 2.05) is 33.8 Å². The van der Waals surface area contributed by atoms with Crippen molar-refractivity contribution in [3.8, 4) is 0 Å². The number of esters is 1. The molecule has 3 aromatic rings. The fourth-order valence-electron chi connectivity index (χ4n) is 4.31. The molecule has 1 atom stereocenters. The summed E-state index contributed by atoms with van der Waals surface area (Å²) in [5.41, 5.74) is 3.00. The summed E-state index contributed by atoms with van der Waals surface area (Å²) < 4.78 is 6.88. The van der Waals surface area contributed by atoms with Gasteiger partial charge in [0.15, 0.2) is 11.3 Å². The highest BCUT2D eigenvalue weighted by atomic mass is 16.6. The van der Waals surface area contributed by atoms with Crippen molar-refractivity contribution in [2.45, 2.75) is 52.2 Å². The predicted molar refractivity (Wildman–Crippen MR) is 119 cm³/mol. The number of amides is 1. The van der Waals surface area contributed by atoms with Crippen LogP contribution in [0.4, 0.5) is 0 Å². The minimum Gasteiger partial charge on any atom is -0.477 e. The van der Waals surface area contributed by atoms with E-state index >= 15 is 0 Å². The summed E-state index contributed by atoms with van der Waals surface area (Å²) >= 11 is 0. The number of fused-ring (bicyclic) bond motifs is 2. The van der Waals surface area contributed by atoms with E-state index in [0.717, 1.165) is 16.7 Å². The van der Waals surface area contributed by atoms with Crippen molar-refractivity contribution < 1.29 is 24.2 Å². The number of carboxylic acids is 1. The Balaban J connectivity index is 1.67. The van der Waals surface area contributed by atoms with Crippen LogP contribution < -0.4 is 0 Å². The van der Waals surface area contributed by atoms with E-state index in [1.54, 1.807) is 24.1 Å². The van der Waals surface area contributed by atoms with Crippen LogP contribution in [0.15, 0.2) is 30.5 Å². The smallest absolute Gasteiger partial charge is 0.354 e. The maximum absolute atomic E-state index is 13.4. The molecule has 9 heteroatoms. The van der Waals surface area contributed by atoms with Gasteiger partial charge < -0.3 is 14.7 Å². The fourth-order valence-corrected chi connectivity index (χ4v) is 4.31. The van der Waals surface area contributed by atoms with Crippen LogP contribution in [-0.2, 0) is 11.2 Å². The molecule has 172 valence electrons. The molecule has 2 aromatic heterocycles. The van der Waals surface area contributed by atoms with Crippen LogP contribution in [0.25, 0.3) is 5.65 Å². The molecule has 0 radical (unpaired) electrons. The average molecular weight is 450 g/mol. The highest BCUT2D eigenvalue weighted by Gasteiger charge is 2.33. The zero-order valence-corrected chi connectivity index (χ0v) is 19.2. The minimum absolute atomic E-state index is 0.125. The molecular formula is C24H26N4O5. The van der Waals surface area contributed by atoms with E-state index in [4.69, 9.17) is 4.74 Å². The average Bonchev–Trinajstić information content (AvgIpc) is 3.38. The summed E-state index contributed by atoms with van der Waals surface area (Å²) in [4.78, 5) is 43.1. The van der Waals surface area contributed by atoms with Gasteiger partial charge in [0.05, 0.1) is 17.8 Å². The molecule has 1 aromatic carbocycles. The third-order valence-corrected chi connectivity index (χ3v) is 5.87. The van der Waals surface area contributed by atoms with Gasteiger partial charge >= 0.3 is 11.9 Å². The third kappa shape index (κ3) is 4.06. The van der Waals surface area contributed by atoms with Crippen LogP contribution in [-0.4, -0.2) is 55.1 Å². The van der Waals surface area contributed by atoms with Crippen molar-refractivity contribution >= 4 is 23.5 Å². The number of hydrogen-bond donors (Lipinski definition) is 1. The molecule has 1 aliphatic rings. The minimum atomic E-state index is -1.22. The first kappa shape index (κ1) is 22.4. The van der Waals surface area contributed by atoms with Gasteiger partial charge in [-0.1, -0.05) is 6.07 Å². The third-order valence-electron chi connectivity index (χ3n) is 5.87. The first-order chi connectivity index (χ1) is 15.5. The Morgan fingerprint density at radius 2 is 1.94 bits per heavy atom. The summed E-state index contributed by atoms with van der Waals surface area (Å²) in [5.74, 6) is -1.94. The van der Waals surface area contributed by atoms with Crippen molar-refractivity contribution in [2.75, 3.05) is 7.05 Å². The maximum atomic E-state index is 13.4. The van der Waals surface area contributed by atoms with Gasteiger partial charge in [0, 0.05) is 19.2 Å². The predicted octanol–water partition coefficient (Wildman–Crippen LogP) is 3.45. The van der Waals surface area contributed by atoms with Crippen molar-refractivity contribution in [3.63, 3.8) is 0 Å². The van der Waals surface area contributed by atoms with E-state index in [1.165, 1.54) is 16.8 Å². The molecule has 1 amide bonds. The lowest BCUT2D eigenvalue weighted by Gasteiger charge is -2.26. The molecule has 0 aliphatic heterocycles. The van der Waals surface area contributed by atoms with E-state index in [-0.39, 0.29) is 35.0 Å². The van der Waals surface area contributed by atoms with Crippen LogP contribution in [0.2, 0.25) is 0 Å². The number of aromatic carboxylic acids is 1. The van der Waals surface area contributed by atoms with Crippen LogP contribution in [0.3, 0.4) is 0 Å². The van der Waals surface area contributed by atoms with Gasteiger partial charge in [0.25, 0.3) is 5.91 Å². The molecule has 1 aliphatic carbocycles. The second-order valence-corrected chi connectivity index (χ2v) is 9.21. The summed E-state index contributed by atoms with van der Waals surface area (Å²) in [7, 11) is 1.69. The van der Waals surface area contributed by atoms with Crippen LogP contribution in [0, 0.1) is 6.92 Å². The van der Waals surface area contributed by atoms with E-state index in [0.29, 0.717) is 18.4 Å². The Hall–Kier alpha value is -3.75. The van der Waals surface area contributed by atoms with E-state index < -0.39 is 11.6 Å². The van der Waals surface area contributed by atoms with Crippen LogP contribution in [0.1, 0.15) is 81.3 Å². The molecule has 1 N–H and O–H groups in total. The number of ether oxygens (including phenoxy) is 1. The topological polar surface area (TPSA) is 114 Å². The Kier molecular flexibility index (Phi) is 5.43. The first-order valence-corrected chi connectivity index (χ1v) is 10.7. The zero-order chi connectivity index (χ0) is 24.1. The SMILES string of the molecule is Cc1c(C(=O)OC(C)(C)C)ccc2c1CC[C@@H]2N(C)C(=O)c1cc(C(=O)O)nc2ccnn12. The highest BCUT2D eigenvalue weighted by molar-refractivity contribution is 5.96. The molecule has 33 heavy (non-hydrogen) atoms. The lowest BCUT2D eigenvalue weighted by atomic mass is 9.97. The number of carboxylic acid groups (broad SMARTS) is 1. The number of carbonyl (C=O) groups excluding carboxylic acids is 2. The number of hydrogen-bond acceptors (Lipinski definition) is 6. The number of rotatable bonds is 4. The Bertz CT molecular complexity index is 1290. The molecule has 0 fully saturated rings. The molecule has 2 heterocycles. The maximum Gasteiger partial charge on any atom is 0.354 e. The van der Waals surface area contributed by atoms with Gasteiger partial charge in [0.2, 0.25) is 0 Å². The Labute approximate surface area is 191 Å². The number of carbonyl (C=O) groups is 3. The molecule has 0 spiro atoms. The van der Waals surface area contributed by atoms with Gasteiger partial charge in [-0.15, -0.1) is 0 Å². The van der Waals surface area contributed by atoms with Crippen molar-refractivity contribution in [2.24, 2.45) is 0 Å². The molecule has 0 saturated heterocycles. The molecule has 4 rings (SSSR count). The van der Waals surface area contributed by atoms with Gasteiger partial charge in [-0.2, -0.15) is 5.10 Å². The summed E-state index contributed by atoms with van der Waals surface area (Å²) in [6, 6.07) is 6.20. The van der Waals surface area contributed by atoms with Gasteiger partial charge in [0.1, 0.15) is 11.3 Å². The standard InChI is InChI=1S/C24H26N4O5/c1-13-14-8-9-18(16(14)7-6-15(13)23(32)33-24(2,3)4)27(5)21(29)19-12-17(22(30)31)26-20-10-11-25-28(19)20/h6-7,10-12,18H,8-9H2,1-5H3,(H,30,31)/t18-/m0/s1. The number of aromatic nitrogens is 3. The van der Waals surface area contributed by atoms with E-state index in [9.17, 15) is 19.5 Å². The number of benzene rings is 1. The summed E-state index contributed by atoms with van der Waals surface area (Å²) in [5, 5.41) is 13.5. The van der Waals surface area contributed by atoms with E-state index in [2.05, 4.69) is 10.1 Å². The molecular weight excluding hydrogens is 424 g/mol. The van der Waals surface area contributed by atoms with Crippen LogP contribution in [0.5, 0.6) is 0 Å². The monoisotopic (exact) mass is 450 g/mol. The Morgan fingerprint density at radius 3 is 2.61 bits per heavy atom. The molecule has 0 saturated carbocycles. The lowest BCUT2D eigenvalue weighted by Crippen LogP contribution is -2.32. The first-order valence-electron chi connectivity index (χ1n) is 10.7. The zero-order valence-electron chi connectivity index (χ0n) is 19.2. The van der Waals surface area contributed by atoms with Crippen LogP contribution >= 0.6 is 0 Å². The Morgan fingerprint density at radius 1 is 1.21 bits per heavy atom. The lowest BCUT2D eigenvalue weighted by molar-refractivity contribution is 0.00682. The van der Waals surface area contributed by atoms with Gasteiger partial charge in [-0.25, -0.2) is 19.1 Å². The highest BCUT2D eigenvalue weighted by Crippen LogP contribution is 2.38. The quantitative estimate of drug-likeness (QED) is 0.606.